The molecule has 0 atom stereocenters. The molecule has 0 radical (unpaired) electrons. The van der Waals surface area contributed by atoms with Gasteiger partial charge in [-0.2, -0.15) is 0 Å². The summed E-state index contributed by atoms with van der Waals surface area (Å²) in [5.74, 6) is 1.50. The van der Waals surface area contributed by atoms with Crippen LogP contribution in [0.3, 0.4) is 0 Å². The second-order valence-corrected chi connectivity index (χ2v) is 4.53. The van der Waals surface area contributed by atoms with E-state index < -0.39 is 0 Å². The van der Waals surface area contributed by atoms with Crippen molar-refractivity contribution in [3.63, 3.8) is 0 Å². The van der Waals surface area contributed by atoms with Crippen LogP contribution < -0.4 is 5.32 Å². The highest BCUT2D eigenvalue weighted by Crippen LogP contribution is 2.10. The number of rotatable bonds is 4. The molecule has 0 aliphatic heterocycles. The van der Waals surface area contributed by atoms with Crippen LogP contribution in [0.1, 0.15) is 33.3 Å². The van der Waals surface area contributed by atoms with Crippen LogP contribution in [0.4, 0.5) is 0 Å². The lowest BCUT2D eigenvalue weighted by atomic mass is 10.1. The SMILES string of the molecule is Cc1nc(CNC(=O)c2cccc(CCl)c2)oc1C. The third-order valence-corrected chi connectivity index (χ3v) is 3.13. The van der Waals surface area contributed by atoms with Gasteiger partial charge in [-0.15, -0.1) is 11.6 Å². The number of carbonyl (C=O) groups excluding carboxylic acids is 1. The van der Waals surface area contributed by atoms with Crippen molar-refractivity contribution in [3.05, 3.63) is 52.7 Å². The number of halogens is 1. The second-order valence-electron chi connectivity index (χ2n) is 4.27. The van der Waals surface area contributed by atoms with Gasteiger partial charge < -0.3 is 9.73 Å². The molecule has 0 fully saturated rings. The molecular weight excluding hydrogens is 264 g/mol. The third-order valence-electron chi connectivity index (χ3n) is 2.82. The fourth-order valence-electron chi connectivity index (χ4n) is 1.67. The number of amides is 1. The number of alkyl halides is 1. The van der Waals surface area contributed by atoms with Gasteiger partial charge in [0.1, 0.15) is 5.76 Å². The van der Waals surface area contributed by atoms with Gasteiger partial charge in [0.25, 0.3) is 5.91 Å². The van der Waals surface area contributed by atoms with E-state index in [1.54, 1.807) is 12.1 Å². The van der Waals surface area contributed by atoms with Gasteiger partial charge in [-0.3, -0.25) is 4.79 Å². The number of hydrogen-bond acceptors (Lipinski definition) is 3. The number of hydrogen-bond donors (Lipinski definition) is 1. The number of nitrogens with one attached hydrogen (secondary N) is 1. The van der Waals surface area contributed by atoms with Crippen LogP contribution in [0, 0.1) is 13.8 Å². The van der Waals surface area contributed by atoms with Gasteiger partial charge in [0.2, 0.25) is 5.89 Å². The predicted molar refractivity (Wildman–Crippen MR) is 73.1 cm³/mol. The van der Waals surface area contributed by atoms with Crippen LogP contribution in [0.15, 0.2) is 28.7 Å². The van der Waals surface area contributed by atoms with Crippen molar-refractivity contribution in [1.82, 2.24) is 10.3 Å². The van der Waals surface area contributed by atoms with E-state index in [9.17, 15) is 4.79 Å². The first-order chi connectivity index (χ1) is 9.10. The first kappa shape index (κ1) is 13.6. The van der Waals surface area contributed by atoms with E-state index in [0.29, 0.717) is 17.3 Å². The number of carbonyl (C=O) groups is 1. The van der Waals surface area contributed by atoms with Crippen LogP contribution in [-0.4, -0.2) is 10.9 Å². The van der Waals surface area contributed by atoms with E-state index >= 15 is 0 Å². The van der Waals surface area contributed by atoms with Crippen molar-refractivity contribution in [3.8, 4) is 0 Å². The van der Waals surface area contributed by atoms with E-state index in [-0.39, 0.29) is 12.5 Å². The fourth-order valence-corrected chi connectivity index (χ4v) is 1.83. The van der Waals surface area contributed by atoms with Crippen LogP contribution in [0.2, 0.25) is 0 Å². The molecule has 2 aromatic rings. The lowest BCUT2D eigenvalue weighted by Gasteiger charge is -2.04. The molecule has 1 N–H and O–H groups in total. The maximum Gasteiger partial charge on any atom is 0.251 e. The van der Waals surface area contributed by atoms with Crippen molar-refractivity contribution in [2.24, 2.45) is 0 Å². The Labute approximate surface area is 116 Å². The highest BCUT2D eigenvalue weighted by atomic mass is 35.5. The lowest BCUT2D eigenvalue weighted by molar-refractivity contribution is 0.0947. The maximum absolute atomic E-state index is 12.0. The van der Waals surface area contributed by atoms with E-state index in [2.05, 4.69) is 10.3 Å². The molecule has 0 spiro atoms. The number of aromatic nitrogens is 1. The van der Waals surface area contributed by atoms with Crippen molar-refractivity contribution in [2.45, 2.75) is 26.3 Å². The lowest BCUT2D eigenvalue weighted by Crippen LogP contribution is -2.23. The summed E-state index contributed by atoms with van der Waals surface area (Å²) in [6.07, 6.45) is 0. The molecule has 2 rings (SSSR count). The van der Waals surface area contributed by atoms with E-state index in [4.69, 9.17) is 16.0 Å². The fraction of sp³-hybridized carbons (Fsp3) is 0.286. The summed E-state index contributed by atoms with van der Waals surface area (Å²) < 4.78 is 5.40. The normalized spacial score (nSPS) is 10.5. The summed E-state index contributed by atoms with van der Waals surface area (Å²) in [6.45, 7) is 3.99. The molecule has 0 aliphatic carbocycles. The Hall–Kier alpha value is -1.81. The summed E-state index contributed by atoms with van der Waals surface area (Å²) in [7, 11) is 0. The first-order valence-corrected chi connectivity index (χ1v) is 6.49. The van der Waals surface area contributed by atoms with Crippen LogP contribution in [-0.2, 0) is 12.4 Å². The van der Waals surface area contributed by atoms with Gasteiger partial charge in [0.15, 0.2) is 0 Å². The minimum atomic E-state index is -0.166. The van der Waals surface area contributed by atoms with Crippen LogP contribution in [0.25, 0.3) is 0 Å². The van der Waals surface area contributed by atoms with Gasteiger partial charge >= 0.3 is 0 Å². The second kappa shape index (κ2) is 5.89. The molecule has 19 heavy (non-hydrogen) atoms. The van der Waals surface area contributed by atoms with E-state index in [0.717, 1.165) is 17.0 Å². The number of nitrogens with zero attached hydrogens (tertiary/aromatic N) is 1. The van der Waals surface area contributed by atoms with E-state index in [1.807, 2.05) is 26.0 Å². The minimum absolute atomic E-state index is 0.166. The Bertz CT molecular complexity index is 573. The molecule has 0 bridgehead atoms. The van der Waals surface area contributed by atoms with Gasteiger partial charge in [-0.05, 0) is 31.5 Å². The third kappa shape index (κ3) is 3.35. The average Bonchev–Trinajstić information content (AvgIpc) is 2.75. The van der Waals surface area contributed by atoms with E-state index in [1.165, 1.54) is 0 Å². The highest BCUT2D eigenvalue weighted by Gasteiger charge is 2.09. The summed E-state index contributed by atoms with van der Waals surface area (Å²) in [5.41, 5.74) is 2.34. The molecule has 0 saturated carbocycles. The topological polar surface area (TPSA) is 55.1 Å². The molecule has 5 heteroatoms. The summed E-state index contributed by atoms with van der Waals surface area (Å²) in [6, 6.07) is 7.21. The largest absolute Gasteiger partial charge is 0.444 e. The molecule has 100 valence electrons. The van der Waals surface area contributed by atoms with Crippen molar-refractivity contribution < 1.29 is 9.21 Å². The molecule has 1 aromatic carbocycles. The zero-order valence-corrected chi connectivity index (χ0v) is 11.6. The highest BCUT2D eigenvalue weighted by molar-refractivity contribution is 6.17. The summed E-state index contributed by atoms with van der Waals surface area (Å²) >= 11 is 5.74. The van der Waals surface area contributed by atoms with Crippen LogP contribution >= 0.6 is 11.6 Å². The Morgan fingerprint density at radius 2 is 2.21 bits per heavy atom. The molecule has 1 heterocycles. The van der Waals surface area contributed by atoms with Crippen molar-refractivity contribution in [1.29, 1.82) is 0 Å². The monoisotopic (exact) mass is 278 g/mol. The molecule has 0 aliphatic rings. The molecule has 1 amide bonds. The Balaban J connectivity index is 2.00. The van der Waals surface area contributed by atoms with Crippen LogP contribution in [0.5, 0.6) is 0 Å². The molecule has 4 nitrogen and oxygen atoms in total. The van der Waals surface area contributed by atoms with Crippen molar-refractivity contribution >= 4 is 17.5 Å². The quantitative estimate of drug-likeness (QED) is 0.875. The number of benzene rings is 1. The first-order valence-electron chi connectivity index (χ1n) is 5.96. The number of aryl methyl sites for hydroxylation is 2. The minimum Gasteiger partial charge on any atom is -0.444 e. The maximum atomic E-state index is 12.0. The predicted octanol–water partition coefficient (Wildman–Crippen LogP) is 2.96. The Morgan fingerprint density at radius 3 is 2.84 bits per heavy atom. The smallest absolute Gasteiger partial charge is 0.251 e. The van der Waals surface area contributed by atoms with Gasteiger partial charge in [-0.25, -0.2) is 4.98 Å². The molecule has 0 unspecified atom stereocenters. The van der Waals surface area contributed by atoms with Gasteiger partial charge in [0.05, 0.1) is 12.2 Å². The van der Waals surface area contributed by atoms with Crippen molar-refractivity contribution in [2.75, 3.05) is 0 Å². The average molecular weight is 279 g/mol. The Morgan fingerprint density at radius 1 is 1.42 bits per heavy atom. The van der Waals surface area contributed by atoms with Gasteiger partial charge in [-0.1, -0.05) is 12.1 Å². The molecular formula is C14H15ClN2O2. The zero-order chi connectivity index (χ0) is 13.8. The zero-order valence-electron chi connectivity index (χ0n) is 10.9. The number of oxazole rings is 1. The Kier molecular flexibility index (Phi) is 4.22. The standard InChI is InChI=1S/C14H15ClN2O2/c1-9-10(2)19-13(17-9)8-16-14(18)12-5-3-4-11(6-12)7-15/h3-6H,7-8H2,1-2H3,(H,16,18). The molecule has 1 aromatic heterocycles. The molecule has 0 saturated heterocycles. The summed E-state index contributed by atoms with van der Waals surface area (Å²) in [5, 5.41) is 2.77. The van der Waals surface area contributed by atoms with Gasteiger partial charge in [0, 0.05) is 11.4 Å². The summed E-state index contributed by atoms with van der Waals surface area (Å²) in [4.78, 5) is 16.2.